The van der Waals surface area contributed by atoms with E-state index in [4.69, 9.17) is 17.2 Å². The van der Waals surface area contributed by atoms with Crippen LogP contribution in [0.1, 0.15) is 24.8 Å². The minimum absolute atomic E-state index is 0.109. The molecular formula is C23H37N7O6S. The molecule has 0 spiro atoms. The molecule has 13 nitrogen and oxygen atoms in total. The molecule has 0 bridgehead atoms. The second-order valence-electron chi connectivity index (χ2n) is 8.23. The molecule has 0 aromatic heterocycles. The number of hydrogen-bond acceptors (Lipinski definition) is 8. The molecule has 0 aliphatic rings. The third-order valence-electron chi connectivity index (χ3n) is 5.25. The van der Waals surface area contributed by atoms with E-state index >= 15 is 0 Å². The average molecular weight is 540 g/mol. The van der Waals surface area contributed by atoms with Gasteiger partial charge in [0.1, 0.15) is 18.1 Å². The van der Waals surface area contributed by atoms with Crippen LogP contribution in [-0.2, 0) is 25.6 Å². The molecule has 1 aromatic rings. The summed E-state index contributed by atoms with van der Waals surface area (Å²) in [5.74, 6) is -3.07. The van der Waals surface area contributed by atoms with Gasteiger partial charge in [-0.25, -0.2) is 4.79 Å². The number of carboxylic acid groups (broad SMARTS) is 1. The number of thioether (sulfide) groups is 1. The monoisotopic (exact) mass is 539 g/mol. The molecule has 206 valence electrons. The summed E-state index contributed by atoms with van der Waals surface area (Å²) in [4.78, 5) is 53.6. The van der Waals surface area contributed by atoms with Crippen LogP contribution in [0.3, 0.4) is 0 Å². The number of rotatable bonds is 17. The minimum Gasteiger partial charge on any atom is -0.480 e. The van der Waals surface area contributed by atoms with Gasteiger partial charge in [0, 0.05) is 6.54 Å². The number of nitrogens with two attached hydrogens (primary N) is 3. The summed E-state index contributed by atoms with van der Waals surface area (Å²) < 4.78 is 0. The minimum atomic E-state index is -1.43. The number of aliphatic hydroxyl groups is 1. The Labute approximate surface area is 220 Å². The van der Waals surface area contributed by atoms with Crippen LogP contribution in [0, 0.1) is 0 Å². The van der Waals surface area contributed by atoms with Crippen molar-refractivity contribution in [1.29, 1.82) is 0 Å². The Balaban J connectivity index is 2.89. The quantitative estimate of drug-likeness (QED) is 0.0609. The zero-order chi connectivity index (χ0) is 27.8. The number of carbonyl (C=O) groups is 4. The Kier molecular flexibility index (Phi) is 14.7. The number of nitrogens with one attached hydrogen (secondary N) is 3. The summed E-state index contributed by atoms with van der Waals surface area (Å²) >= 11 is 1.41. The Bertz CT molecular complexity index is 914. The van der Waals surface area contributed by atoms with Gasteiger partial charge in [-0.15, -0.1) is 0 Å². The Morgan fingerprint density at radius 1 is 0.946 bits per heavy atom. The number of guanidine groups is 1. The van der Waals surface area contributed by atoms with Crippen molar-refractivity contribution in [2.75, 3.05) is 25.2 Å². The van der Waals surface area contributed by atoms with Crippen molar-refractivity contribution in [1.82, 2.24) is 16.0 Å². The molecule has 0 saturated heterocycles. The predicted molar refractivity (Wildman–Crippen MR) is 142 cm³/mol. The number of carboxylic acids is 1. The van der Waals surface area contributed by atoms with E-state index in [1.165, 1.54) is 11.8 Å². The van der Waals surface area contributed by atoms with Crippen LogP contribution < -0.4 is 33.2 Å². The van der Waals surface area contributed by atoms with E-state index in [0.717, 1.165) is 5.56 Å². The standard InChI is InChI=1S/C23H37N7O6S/c1-37-11-9-17(22(35)36)29-21(34)18(13-31)30-20(33)16(8-5-10-27-23(25)26)28-19(32)15(24)12-14-6-3-2-4-7-14/h2-4,6-7,15-18,31H,5,8-13,24H2,1H3,(H,28,32)(H,29,34)(H,30,33)(H,35,36)(H4,25,26,27). The van der Waals surface area contributed by atoms with Crippen molar-refractivity contribution in [2.45, 2.75) is 49.9 Å². The highest BCUT2D eigenvalue weighted by Crippen LogP contribution is 2.05. The lowest BCUT2D eigenvalue weighted by Crippen LogP contribution is -2.58. The van der Waals surface area contributed by atoms with E-state index in [2.05, 4.69) is 20.9 Å². The third kappa shape index (κ3) is 12.4. The Morgan fingerprint density at radius 2 is 1.54 bits per heavy atom. The van der Waals surface area contributed by atoms with Gasteiger partial charge in [0.25, 0.3) is 0 Å². The van der Waals surface area contributed by atoms with Gasteiger partial charge in [-0.3, -0.25) is 19.4 Å². The lowest BCUT2D eigenvalue weighted by molar-refractivity contribution is -0.142. The smallest absolute Gasteiger partial charge is 0.326 e. The van der Waals surface area contributed by atoms with Gasteiger partial charge in [-0.1, -0.05) is 30.3 Å². The molecule has 11 N–H and O–H groups in total. The zero-order valence-corrected chi connectivity index (χ0v) is 21.6. The van der Waals surface area contributed by atoms with E-state index in [1.807, 2.05) is 30.3 Å². The second kappa shape index (κ2) is 17.2. The van der Waals surface area contributed by atoms with E-state index in [1.54, 1.807) is 6.26 Å². The first kappa shape index (κ1) is 31.7. The van der Waals surface area contributed by atoms with Crippen molar-refractivity contribution < 1.29 is 29.4 Å². The van der Waals surface area contributed by atoms with Gasteiger partial charge in [-0.2, -0.15) is 11.8 Å². The van der Waals surface area contributed by atoms with Gasteiger partial charge in [0.15, 0.2) is 5.96 Å². The first-order chi connectivity index (χ1) is 17.6. The highest BCUT2D eigenvalue weighted by atomic mass is 32.2. The number of hydrogen-bond donors (Lipinski definition) is 8. The highest BCUT2D eigenvalue weighted by molar-refractivity contribution is 7.98. The molecule has 0 fully saturated rings. The molecule has 4 unspecified atom stereocenters. The molecule has 14 heteroatoms. The van der Waals surface area contributed by atoms with Gasteiger partial charge in [-0.05, 0) is 43.3 Å². The van der Waals surface area contributed by atoms with Crippen molar-refractivity contribution >= 4 is 41.4 Å². The summed E-state index contributed by atoms with van der Waals surface area (Å²) in [7, 11) is 0. The number of benzene rings is 1. The highest BCUT2D eigenvalue weighted by Gasteiger charge is 2.29. The van der Waals surface area contributed by atoms with Gasteiger partial charge >= 0.3 is 5.97 Å². The topological polar surface area (TPSA) is 235 Å². The number of aliphatic carboxylic acids is 1. The molecule has 1 rings (SSSR count). The van der Waals surface area contributed by atoms with Crippen molar-refractivity contribution in [3.8, 4) is 0 Å². The fraction of sp³-hybridized carbons (Fsp3) is 0.522. The van der Waals surface area contributed by atoms with Crippen molar-refractivity contribution in [3.63, 3.8) is 0 Å². The molecule has 1 aromatic carbocycles. The van der Waals surface area contributed by atoms with Gasteiger partial charge in [0.05, 0.1) is 12.6 Å². The molecule has 4 atom stereocenters. The molecule has 0 heterocycles. The summed E-state index contributed by atoms with van der Waals surface area (Å²) in [6.07, 6.45) is 2.62. The Morgan fingerprint density at radius 3 is 2.11 bits per heavy atom. The van der Waals surface area contributed by atoms with Crippen LogP contribution in [0.15, 0.2) is 35.3 Å². The van der Waals surface area contributed by atoms with Crippen LogP contribution in [0.25, 0.3) is 0 Å². The first-order valence-corrected chi connectivity index (χ1v) is 13.1. The van der Waals surface area contributed by atoms with Gasteiger partial charge < -0.3 is 43.4 Å². The lowest BCUT2D eigenvalue weighted by Gasteiger charge is -2.24. The normalized spacial score (nSPS) is 13.9. The fourth-order valence-corrected chi connectivity index (χ4v) is 3.72. The summed E-state index contributed by atoms with van der Waals surface area (Å²) in [6, 6.07) is 4.43. The third-order valence-corrected chi connectivity index (χ3v) is 5.90. The summed E-state index contributed by atoms with van der Waals surface area (Å²) in [6.45, 7) is -0.591. The average Bonchev–Trinajstić information content (AvgIpc) is 2.86. The summed E-state index contributed by atoms with van der Waals surface area (Å²) in [5, 5.41) is 26.3. The van der Waals surface area contributed by atoms with E-state index in [-0.39, 0.29) is 31.8 Å². The van der Waals surface area contributed by atoms with Gasteiger partial charge in [0.2, 0.25) is 17.7 Å². The second-order valence-corrected chi connectivity index (χ2v) is 9.22. The van der Waals surface area contributed by atoms with E-state index < -0.39 is 54.5 Å². The maximum atomic E-state index is 13.0. The van der Waals surface area contributed by atoms with Crippen LogP contribution >= 0.6 is 11.8 Å². The largest absolute Gasteiger partial charge is 0.480 e. The first-order valence-electron chi connectivity index (χ1n) is 11.7. The van der Waals surface area contributed by atoms with Crippen LogP contribution in [0.2, 0.25) is 0 Å². The molecule has 0 aliphatic heterocycles. The SMILES string of the molecule is CSCCC(NC(=O)C(CO)NC(=O)C(CCCN=C(N)N)NC(=O)C(N)Cc1ccccc1)C(=O)O. The lowest BCUT2D eigenvalue weighted by atomic mass is 10.0. The van der Waals surface area contributed by atoms with E-state index in [9.17, 15) is 29.4 Å². The number of aliphatic imine (C=N–C) groups is 1. The molecular weight excluding hydrogens is 502 g/mol. The fourth-order valence-electron chi connectivity index (χ4n) is 3.24. The van der Waals surface area contributed by atoms with E-state index in [0.29, 0.717) is 12.2 Å². The predicted octanol–water partition coefficient (Wildman–Crippen LogP) is -2.11. The van der Waals surface area contributed by atoms with Crippen LogP contribution in [-0.4, -0.2) is 89.2 Å². The molecule has 37 heavy (non-hydrogen) atoms. The maximum Gasteiger partial charge on any atom is 0.326 e. The van der Waals surface area contributed by atoms with Crippen molar-refractivity contribution in [3.05, 3.63) is 35.9 Å². The zero-order valence-electron chi connectivity index (χ0n) is 20.8. The van der Waals surface area contributed by atoms with Crippen molar-refractivity contribution in [2.24, 2.45) is 22.2 Å². The molecule has 0 aliphatic carbocycles. The number of aliphatic hydroxyl groups excluding tert-OH is 1. The number of nitrogens with zero attached hydrogens (tertiary/aromatic N) is 1. The Hall–Kier alpha value is -3.36. The van der Waals surface area contributed by atoms with Crippen LogP contribution in [0.5, 0.6) is 0 Å². The van der Waals surface area contributed by atoms with Crippen LogP contribution in [0.4, 0.5) is 0 Å². The number of amides is 3. The molecule has 3 amide bonds. The molecule has 0 saturated carbocycles. The summed E-state index contributed by atoms with van der Waals surface area (Å²) in [5.41, 5.74) is 17.5. The number of carbonyl (C=O) groups excluding carboxylic acids is 3. The maximum absolute atomic E-state index is 13.0. The molecule has 0 radical (unpaired) electrons.